The molecule has 11 heteroatoms. The van der Waals surface area contributed by atoms with Gasteiger partial charge in [0, 0.05) is 48.2 Å². The average molecular weight is 576 g/mol. The van der Waals surface area contributed by atoms with Crippen molar-refractivity contribution in [2.24, 2.45) is 13.0 Å². The molecular formula is C30H30ClN5O5. The Morgan fingerprint density at radius 3 is 2.32 bits per heavy atom. The van der Waals surface area contributed by atoms with Gasteiger partial charge in [-0.25, -0.2) is 0 Å². The second-order valence-electron chi connectivity index (χ2n) is 10.0. The summed E-state index contributed by atoms with van der Waals surface area (Å²) in [7, 11) is 1.77. The van der Waals surface area contributed by atoms with Crippen LogP contribution in [-0.4, -0.2) is 27.2 Å². The predicted molar refractivity (Wildman–Crippen MR) is 158 cm³/mol. The van der Waals surface area contributed by atoms with Crippen molar-refractivity contribution < 1.29 is 19.3 Å². The summed E-state index contributed by atoms with van der Waals surface area (Å²) in [5.74, 6) is -0.954. The van der Waals surface area contributed by atoms with E-state index >= 15 is 0 Å². The van der Waals surface area contributed by atoms with Crippen LogP contribution in [0.3, 0.4) is 0 Å². The first-order valence-electron chi connectivity index (χ1n) is 13.0. The summed E-state index contributed by atoms with van der Waals surface area (Å²) in [5, 5.41) is 20.5. The van der Waals surface area contributed by atoms with Crippen molar-refractivity contribution in [1.82, 2.24) is 15.2 Å². The van der Waals surface area contributed by atoms with Crippen LogP contribution in [0, 0.1) is 16.0 Å². The third-order valence-corrected chi connectivity index (χ3v) is 7.08. The van der Waals surface area contributed by atoms with Crippen LogP contribution < -0.4 is 16.0 Å². The van der Waals surface area contributed by atoms with E-state index in [-0.39, 0.29) is 46.6 Å². The zero-order valence-corrected chi connectivity index (χ0v) is 23.8. The lowest BCUT2D eigenvalue weighted by molar-refractivity contribution is -0.384. The van der Waals surface area contributed by atoms with Gasteiger partial charge in [-0.05, 0) is 54.4 Å². The highest BCUT2D eigenvalue weighted by molar-refractivity contribution is 6.34. The summed E-state index contributed by atoms with van der Waals surface area (Å²) >= 11 is 6.31. The number of anilines is 1. The molecule has 0 aliphatic carbocycles. The quantitative estimate of drug-likeness (QED) is 0.172. The Kier molecular flexibility index (Phi) is 8.73. The number of carbonyl (C=O) groups is 3. The van der Waals surface area contributed by atoms with E-state index in [1.807, 2.05) is 0 Å². The summed E-state index contributed by atoms with van der Waals surface area (Å²) in [6.45, 7) is 5.68. The zero-order chi connectivity index (χ0) is 29.8. The lowest BCUT2D eigenvalue weighted by atomic mass is 10.1. The fourth-order valence-electron chi connectivity index (χ4n) is 4.33. The fourth-order valence-corrected chi connectivity index (χ4v) is 4.54. The van der Waals surface area contributed by atoms with E-state index in [0.717, 1.165) is 22.0 Å². The minimum Gasteiger partial charge on any atom is -0.352 e. The standard InChI is InChI=1S/C30H30ClN5O5/c1-17(2)28(37)32-16-19-5-11-25(31)24(13-19)29(38)34-22-8-12-26-21(14-22)15-27(35(26)4)30(39)33-18(3)20-6-9-23(10-7-20)36(40)41/h5-15,17-18H,16H2,1-4H3,(H,32,37)(H,33,39)(H,34,38). The van der Waals surface area contributed by atoms with Crippen LogP contribution in [0.4, 0.5) is 11.4 Å². The van der Waals surface area contributed by atoms with E-state index < -0.39 is 10.8 Å². The summed E-state index contributed by atoms with van der Waals surface area (Å²) in [4.78, 5) is 48.5. The van der Waals surface area contributed by atoms with Crippen molar-refractivity contribution in [2.75, 3.05) is 5.32 Å². The van der Waals surface area contributed by atoms with Crippen LogP contribution in [0.15, 0.2) is 66.7 Å². The monoisotopic (exact) mass is 575 g/mol. The number of rotatable bonds is 9. The highest BCUT2D eigenvalue weighted by atomic mass is 35.5. The first kappa shape index (κ1) is 29.3. The predicted octanol–water partition coefficient (Wildman–Crippen LogP) is 5.76. The number of non-ortho nitro benzene ring substituents is 1. The number of nitro benzene ring substituents is 1. The minimum atomic E-state index is -0.472. The maximum Gasteiger partial charge on any atom is 0.269 e. The van der Waals surface area contributed by atoms with Crippen molar-refractivity contribution >= 4 is 51.6 Å². The van der Waals surface area contributed by atoms with Crippen LogP contribution >= 0.6 is 11.6 Å². The molecular weight excluding hydrogens is 546 g/mol. The fraction of sp³-hybridized carbons (Fsp3) is 0.233. The number of halogens is 1. The van der Waals surface area contributed by atoms with E-state index in [0.29, 0.717) is 11.4 Å². The Morgan fingerprint density at radius 2 is 1.66 bits per heavy atom. The second kappa shape index (κ2) is 12.2. The Hall–Kier alpha value is -4.70. The van der Waals surface area contributed by atoms with E-state index in [1.54, 1.807) is 87.0 Å². The molecule has 1 aromatic heterocycles. The number of aromatic nitrogens is 1. The van der Waals surface area contributed by atoms with Gasteiger partial charge in [-0.2, -0.15) is 0 Å². The number of hydrogen-bond donors (Lipinski definition) is 3. The van der Waals surface area contributed by atoms with Crippen molar-refractivity contribution in [3.8, 4) is 0 Å². The van der Waals surface area contributed by atoms with Crippen molar-refractivity contribution in [3.63, 3.8) is 0 Å². The second-order valence-corrected chi connectivity index (χ2v) is 10.5. The molecule has 3 amide bonds. The van der Waals surface area contributed by atoms with E-state index in [2.05, 4.69) is 16.0 Å². The molecule has 212 valence electrons. The SMILES string of the molecule is CC(C)C(=O)NCc1ccc(Cl)c(C(=O)Nc2ccc3c(c2)cc(C(=O)NC(C)c2ccc([N+](=O)[O-])cc2)n3C)c1. The van der Waals surface area contributed by atoms with Gasteiger partial charge < -0.3 is 20.5 Å². The summed E-state index contributed by atoms with van der Waals surface area (Å²) in [5.41, 5.74) is 3.45. The average Bonchev–Trinajstić information content (AvgIpc) is 3.27. The molecule has 3 aromatic carbocycles. The molecule has 1 heterocycles. The number of hydrogen-bond acceptors (Lipinski definition) is 5. The molecule has 3 N–H and O–H groups in total. The molecule has 0 radical (unpaired) electrons. The van der Waals surface area contributed by atoms with Crippen LogP contribution in [0.2, 0.25) is 5.02 Å². The van der Waals surface area contributed by atoms with Gasteiger partial charge in [0.05, 0.1) is 21.6 Å². The maximum absolute atomic E-state index is 13.1. The highest BCUT2D eigenvalue weighted by Gasteiger charge is 2.18. The number of aryl methyl sites for hydroxylation is 1. The Balaban J connectivity index is 1.48. The van der Waals surface area contributed by atoms with Gasteiger partial charge in [0.25, 0.3) is 17.5 Å². The highest BCUT2D eigenvalue weighted by Crippen LogP contribution is 2.25. The number of amides is 3. The van der Waals surface area contributed by atoms with Crippen LogP contribution in [0.5, 0.6) is 0 Å². The first-order valence-corrected chi connectivity index (χ1v) is 13.3. The molecule has 0 spiro atoms. The molecule has 0 bridgehead atoms. The minimum absolute atomic E-state index is 0.0195. The van der Waals surface area contributed by atoms with Crippen molar-refractivity contribution in [2.45, 2.75) is 33.4 Å². The van der Waals surface area contributed by atoms with Crippen LogP contribution in [0.25, 0.3) is 10.9 Å². The number of nitro groups is 1. The molecule has 4 aromatic rings. The Bertz CT molecular complexity index is 1650. The van der Waals surface area contributed by atoms with E-state index in [4.69, 9.17) is 11.6 Å². The molecule has 0 saturated carbocycles. The number of nitrogens with one attached hydrogen (secondary N) is 3. The number of nitrogens with zero attached hydrogens (tertiary/aromatic N) is 2. The van der Waals surface area contributed by atoms with Crippen LogP contribution in [0.1, 0.15) is 58.8 Å². The third-order valence-electron chi connectivity index (χ3n) is 6.75. The largest absolute Gasteiger partial charge is 0.352 e. The normalized spacial score (nSPS) is 11.8. The molecule has 41 heavy (non-hydrogen) atoms. The van der Waals surface area contributed by atoms with E-state index in [9.17, 15) is 24.5 Å². The van der Waals surface area contributed by atoms with Crippen molar-refractivity contribution in [1.29, 1.82) is 0 Å². The molecule has 0 fully saturated rings. The van der Waals surface area contributed by atoms with Gasteiger partial charge in [-0.15, -0.1) is 0 Å². The number of benzene rings is 3. The van der Waals surface area contributed by atoms with Crippen molar-refractivity contribution in [3.05, 3.63) is 104 Å². The summed E-state index contributed by atoms with van der Waals surface area (Å²) in [6.07, 6.45) is 0. The van der Waals surface area contributed by atoms with Gasteiger partial charge in [-0.3, -0.25) is 24.5 Å². The van der Waals surface area contributed by atoms with Gasteiger partial charge in [0.2, 0.25) is 5.91 Å². The lowest BCUT2D eigenvalue weighted by Crippen LogP contribution is -2.28. The zero-order valence-electron chi connectivity index (χ0n) is 23.0. The van der Waals surface area contributed by atoms with Gasteiger partial charge in [0.1, 0.15) is 5.69 Å². The lowest BCUT2D eigenvalue weighted by Gasteiger charge is -2.14. The molecule has 1 atom stereocenters. The van der Waals surface area contributed by atoms with Gasteiger partial charge >= 0.3 is 0 Å². The van der Waals surface area contributed by atoms with Crippen LogP contribution in [-0.2, 0) is 18.4 Å². The maximum atomic E-state index is 13.1. The molecule has 0 saturated heterocycles. The Morgan fingerprint density at radius 1 is 0.951 bits per heavy atom. The number of carbonyl (C=O) groups excluding carboxylic acids is 3. The summed E-state index contributed by atoms with van der Waals surface area (Å²) < 4.78 is 1.75. The molecule has 0 aliphatic heterocycles. The first-order chi connectivity index (χ1) is 19.4. The molecule has 1 unspecified atom stereocenters. The molecule has 0 aliphatic rings. The van der Waals surface area contributed by atoms with Gasteiger partial charge in [0.15, 0.2) is 0 Å². The molecule has 4 rings (SSSR count). The third kappa shape index (κ3) is 6.72. The van der Waals surface area contributed by atoms with E-state index in [1.165, 1.54) is 12.1 Å². The Labute approximate surface area is 241 Å². The molecule has 10 nitrogen and oxygen atoms in total. The van der Waals surface area contributed by atoms with Gasteiger partial charge in [-0.1, -0.05) is 43.6 Å². The summed E-state index contributed by atoms with van der Waals surface area (Å²) in [6, 6.07) is 17.7. The topological polar surface area (TPSA) is 135 Å². The number of fused-ring (bicyclic) bond motifs is 1. The smallest absolute Gasteiger partial charge is 0.269 e.